The number of nitrogens with two attached hydrogens (primary N) is 1. The number of hydrogen-bond acceptors (Lipinski definition) is 3. The Hall–Kier alpha value is -1.75. The lowest BCUT2D eigenvalue weighted by molar-refractivity contribution is -0.115. The largest absolute Gasteiger partial charge is 0.369 e. The minimum atomic E-state index is -0.340. The molecule has 2 aromatic rings. The summed E-state index contributed by atoms with van der Waals surface area (Å²) in [4.78, 5) is 14.9. The Labute approximate surface area is 97.5 Å². The van der Waals surface area contributed by atoms with Crippen molar-refractivity contribution >= 4 is 17.7 Å². The van der Waals surface area contributed by atoms with Crippen LogP contribution in [0.5, 0.6) is 0 Å². The fourth-order valence-corrected chi connectivity index (χ4v) is 2.03. The summed E-state index contributed by atoms with van der Waals surface area (Å²) in [5.41, 5.74) is 6.12. The molecule has 16 heavy (non-hydrogen) atoms. The number of carbonyl (C=O) groups is 1. The van der Waals surface area contributed by atoms with Crippen LogP contribution >= 0.6 is 11.8 Å². The summed E-state index contributed by atoms with van der Waals surface area (Å²) in [6.45, 7) is 0. The van der Waals surface area contributed by atoms with Gasteiger partial charge in [0.1, 0.15) is 0 Å². The Bertz CT molecular complexity index is 481. The summed E-state index contributed by atoms with van der Waals surface area (Å²) in [6.07, 6.45) is 3.56. The SMILES string of the molecule is NC(=O)CSc1nccn1-c1ccccc1. The zero-order chi connectivity index (χ0) is 11.4. The molecule has 2 N–H and O–H groups in total. The number of nitrogens with zero attached hydrogens (tertiary/aromatic N) is 2. The molecule has 0 aliphatic rings. The summed E-state index contributed by atoms with van der Waals surface area (Å²) in [5.74, 6) is -0.100. The van der Waals surface area contributed by atoms with Crippen molar-refractivity contribution in [1.82, 2.24) is 9.55 Å². The van der Waals surface area contributed by atoms with Crippen molar-refractivity contribution in [2.45, 2.75) is 5.16 Å². The van der Waals surface area contributed by atoms with E-state index in [1.54, 1.807) is 6.20 Å². The van der Waals surface area contributed by atoms with Crippen LogP contribution in [0.1, 0.15) is 0 Å². The molecule has 1 amide bonds. The van der Waals surface area contributed by atoms with Crippen molar-refractivity contribution in [2.75, 3.05) is 5.75 Å². The van der Waals surface area contributed by atoms with Crippen molar-refractivity contribution in [2.24, 2.45) is 5.73 Å². The highest BCUT2D eigenvalue weighted by atomic mass is 32.2. The minimum absolute atomic E-state index is 0.240. The second-order valence-electron chi connectivity index (χ2n) is 3.17. The van der Waals surface area contributed by atoms with Crippen LogP contribution in [0.4, 0.5) is 0 Å². The van der Waals surface area contributed by atoms with E-state index >= 15 is 0 Å². The van der Waals surface area contributed by atoms with Crippen LogP contribution in [-0.2, 0) is 4.79 Å². The molecule has 1 heterocycles. The van der Waals surface area contributed by atoms with E-state index in [-0.39, 0.29) is 11.7 Å². The minimum Gasteiger partial charge on any atom is -0.369 e. The predicted octanol–water partition coefficient (Wildman–Crippen LogP) is 1.45. The molecule has 0 saturated carbocycles. The van der Waals surface area contributed by atoms with Gasteiger partial charge in [0.25, 0.3) is 0 Å². The van der Waals surface area contributed by atoms with Gasteiger partial charge >= 0.3 is 0 Å². The average Bonchev–Trinajstić information content (AvgIpc) is 2.75. The van der Waals surface area contributed by atoms with E-state index < -0.39 is 0 Å². The van der Waals surface area contributed by atoms with Gasteiger partial charge in [-0.15, -0.1) is 0 Å². The number of thioether (sulfide) groups is 1. The fourth-order valence-electron chi connectivity index (χ4n) is 1.32. The number of rotatable bonds is 4. The lowest BCUT2D eigenvalue weighted by atomic mass is 10.3. The second kappa shape index (κ2) is 4.85. The topological polar surface area (TPSA) is 60.9 Å². The Morgan fingerprint density at radius 3 is 2.81 bits per heavy atom. The molecule has 0 radical (unpaired) electrons. The van der Waals surface area contributed by atoms with Gasteiger partial charge in [0.2, 0.25) is 5.91 Å². The first-order valence-corrected chi connectivity index (χ1v) is 5.76. The first-order valence-electron chi connectivity index (χ1n) is 4.77. The van der Waals surface area contributed by atoms with E-state index in [9.17, 15) is 4.79 Å². The quantitative estimate of drug-likeness (QED) is 0.813. The van der Waals surface area contributed by atoms with Crippen LogP contribution in [0.25, 0.3) is 5.69 Å². The van der Waals surface area contributed by atoms with Crippen LogP contribution in [0.2, 0.25) is 0 Å². The van der Waals surface area contributed by atoms with Crippen LogP contribution in [0.15, 0.2) is 47.9 Å². The number of hydrogen-bond donors (Lipinski definition) is 1. The van der Waals surface area contributed by atoms with Crippen LogP contribution in [0, 0.1) is 0 Å². The van der Waals surface area contributed by atoms with Crippen LogP contribution in [-0.4, -0.2) is 21.2 Å². The van der Waals surface area contributed by atoms with E-state index in [0.717, 1.165) is 10.8 Å². The summed E-state index contributed by atoms with van der Waals surface area (Å²) >= 11 is 1.33. The first-order chi connectivity index (χ1) is 7.77. The maximum atomic E-state index is 10.7. The molecule has 0 spiro atoms. The number of imidazole rings is 1. The zero-order valence-electron chi connectivity index (χ0n) is 8.54. The third-order valence-corrected chi connectivity index (χ3v) is 2.97. The van der Waals surface area contributed by atoms with Gasteiger partial charge in [-0.2, -0.15) is 0 Å². The van der Waals surface area contributed by atoms with E-state index in [1.807, 2.05) is 41.1 Å². The molecular weight excluding hydrogens is 222 g/mol. The molecule has 0 aliphatic heterocycles. The van der Waals surface area contributed by atoms with Gasteiger partial charge in [-0.1, -0.05) is 30.0 Å². The zero-order valence-corrected chi connectivity index (χ0v) is 9.35. The summed E-state index contributed by atoms with van der Waals surface area (Å²) in [7, 11) is 0. The number of aromatic nitrogens is 2. The number of primary amides is 1. The predicted molar refractivity (Wildman–Crippen MR) is 63.5 cm³/mol. The van der Waals surface area contributed by atoms with Crippen LogP contribution in [0.3, 0.4) is 0 Å². The molecule has 0 saturated heterocycles. The molecule has 1 aromatic heterocycles. The molecule has 5 heteroatoms. The Kier molecular flexibility index (Phi) is 3.26. The molecule has 82 valence electrons. The van der Waals surface area contributed by atoms with Crippen molar-refractivity contribution in [3.05, 3.63) is 42.7 Å². The fraction of sp³-hybridized carbons (Fsp3) is 0.0909. The van der Waals surface area contributed by atoms with Gasteiger partial charge < -0.3 is 5.73 Å². The van der Waals surface area contributed by atoms with Gasteiger partial charge in [-0.25, -0.2) is 4.98 Å². The van der Waals surface area contributed by atoms with Gasteiger partial charge in [0.05, 0.1) is 5.75 Å². The second-order valence-corrected chi connectivity index (χ2v) is 4.11. The third kappa shape index (κ3) is 2.43. The number of para-hydroxylation sites is 1. The molecular formula is C11H11N3OS. The van der Waals surface area contributed by atoms with E-state index in [4.69, 9.17) is 5.73 Å². The Balaban J connectivity index is 2.23. The molecule has 0 fully saturated rings. The normalized spacial score (nSPS) is 10.2. The summed E-state index contributed by atoms with van der Waals surface area (Å²) in [6, 6.07) is 9.83. The molecule has 0 unspecified atom stereocenters. The molecule has 0 aliphatic carbocycles. The lowest BCUT2D eigenvalue weighted by Gasteiger charge is -2.05. The molecule has 0 bridgehead atoms. The van der Waals surface area contributed by atoms with Crippen molar-refractivity contribution in [3.8, 4) is 5.69 Å². The van der Waals surface area contributed by atoms with Crippen molar-refractivity contribution in [3.63, 3.8) is 0 Å². The number of carbonyl (C=O) groups excluding carboxylic acids is 1. The molecule has 0 atom stereocenters. The van der Waals surface area contributed by atoms with Crippen LogP contribution < -0.4 is 5.73 Å². The Morgan fingerprint density at radius 1 is 1.38 bits per heavy atom. The summed E-state index contributed by atoms with van der Waals surface area (Å²) in [5, 5.41) is 0.769. The molecule has 4 nitrogen and oxygen atoms in total. The number of benzene rings is 1. The Morgan fingerprint density at radius 2 is 2.12 bits per heavy atom. The van der Waals surface area contributed by atoms with Gasteiger partial charge in [-0.05, 0) is 12.1 Å². The smallest absolute Gasteiger partial charge is 0.227 e. The lowest BCUT2D eigenvalue weighted by Crippen LogP contribution is -2.13. The highest BCUT2D eigenvalue weighted by Crippen LogP contribution is 2.19. The number of amides is 1. The standard InChI is InChI=1S/C11H11N3OS/c12-10(15)8-16-11-13-6-7-14(11)9-4-2-1-3-5-9/h1-7H,8H2,(H2,12,15). The maximum Gasteiger partial charge on any atom is 0.227 e. The van der Waals surface area contributed by atoms with Crippen molar-refractivity contribution < 1.29 is 4.79 Å². The van der Waals surface area contributed by atoms with Gasteiger partial charge in [0, 0.05) is 18.1 Å². The monoisotopic (exact) mass is 233 g/mol. The maximum absolute atomic E-state index is 10.7. The van der Waals surface area contributed by atoms with Gasteiger partial charge in [-0.3, -0.25) is 9.36 Å². The highest BCUT2D eigenvalue weighted by molar-refractivity contribution is 7.99. The molecule has 1 aromatic carbocycles. The third-order valence-electron chi connectivity index (χ3n) is 1.98. The summed E-state index contributed by atoms with van der Waals surface area (Å²) < 4.78 is 1.92. The highest BCUT2D eigenvalue weighted by Gasteiger charge is 2.06. The van der Waals surface area contributed by atoms with E-state index in [1.165, 1.54) is 11.8 Å². The first kappa shape index (κ1) is 10.8. The van der Waals surface area contributed by atoms with Gasteiger partial charge in [0.15, 0.2) is 5.16 Å². The van der Waals surface area contributed by atoms with Crippen molar-refractivity contribution in [1.29, 1.82) is 0 Å². The van der Waals surface area contributed by atoms with E-state index in [0.29, 0.717) is 0 Å². The average molecular weight is 233 g/mol. The van der Waals surface area contributed by atoms with E-state index in [2.05, 4.69) is 4.98 Å². The molecule has 2 rings (SSSR count).